The van der Waals surface area contributed by atoms with Gasteiger partial charge >= 0.3 is 0 Å². The molecule has 3 atom stereocenters. The first-order valence-corrected chi connectivity index (χ1v) is 7.50. The lowest BCUT2D eigenvalue weighted by Crippen LogP contribution is -2.48. The Morgan fingerprint density at radius 2 is 2.10 bits per heavy atom. The largest absolute Gasteiger partial charge is 0.313 e. The zero-order valence-corrected chi connectivity index (χ0v) is 12.3. The van der Waals surface area contributed by atoms with Crippen LogP contribution < -0.4 is 5.32 Å². The molecule has 0 amide bonds. The molecule has 0 aliphatic heterocycles. The van der Waals surface area contributed by atoms with E-state index in [-0.39, 0.29) is 0 Å². The van der Waals surface area contributed by atoms with Gasteiger partial charge in [0.05, 0.1) is 6.20 Å². The van der Waals surface area contributed by atoms with E-state index in [4.69, 9.17) is 0 Å². The molecule has 106 valence electrons. The van der Waals surface area contributed by atoms with Crippen LogP contribution in [-0.4, -0.2) is 22.4 Å². The lowest BCUT2D eigenvalue weighted by atomic mass is 9.67. The SMILES string of the molecule is C[C@@H]1[C@H](NCCc2cnn(C)c2)C[C@H]1c1ccccc1. The molecule has 1 fully saturated rings. The molecule has 1 aliphatic rings. The number of benzene rings is 1. The lowest BCUT2D eigenvalue weighted by molar-refractivity contribution is 0.185. The zero-order valence-electron chi connectivity index (χ0n) is 12.3. The minimum Gasteiger partial charge on any atom is -0.313 e. The van der Waals surface area contributed by atoms with Gasteiger partial charge in [0, 0.05) is 19.3 Å². The average Bonchev–Trinajstić information content (AvgIpc) is 2.88. The topological polar surface area (TPSA) is 29.9 Å². The van der Waals surface area contributed by atoms with Gasteiger partial charge in [-0.05, 0) is 42.3 Å². The maximum atomic E-state index is 4.20. The minimum atomic E-state index is 0.664. The van der Waals surface area contributed by atoms with Gasteiger partial charge in [0.15, 0.2) is 0 Å². The monoisotopic (exact) mass is 269 g/mol. The smallest absolute Gasteiger partial charge is 0.0522 e. The Morgan fingerprint density at radius 1 is 1.30 bits per heavy atom. The summed E-state index contributed by atoms with van der Waals surface area (Å²) >= 11 is 0. The molecule has 20 heavy (non-hydrogen) atoms. The Balaban J connectivity index is 1.45. The predicted octanol–water partition coefficient (Wildman–Crippen LogP) is 2.74. The number of aryl methyl sites for hydroxylation is 1. The van der Waals surface area contributed by atoms with Crippen LogP contribution in [0.3, 0.4) is 0 Å². The summed E-state index contributed by atoms with van der Waals surface area (Å²) in [4.78, 5) is 0. The van der Waals surface area contributed by atoms with Crippen LogP contribution in [0.2, 0.25) is 0 Å². The van der Waals surface area contributed by atoms with Crippen LogP contribution in [0.4, 0.5) is 0 Å². The number of hydrogen-bond acceptors (Lipinski definition) is 2. The first-order valence-electron chi connectivity index (χ1n) is 7.50. The zero-order chi connectivity index (χ0) is 13.9. The highest BCUT2D eigenvalue weighted by Gasteiger charge is 2.37. The molecule has 1 aromatic carbocycles. The molecule has 0 saturated heterocycles. The van der Waals surface area contributed by atoms with Crippen molar-refractivity contribution >= 4 is 0 Å². The third-order valence-corrected chi connectivity index (χ3v) is 4.58. The Kier molecular flexibility index (Phi) is 3.88. The van der Waals surface area contributed by atoms with Crippen molar-refractivity contribution in [3.8, 4) is 0 Å². The molecule has 1 saturated carbocycles. The Labute approximate surface area is 121 Å². The molecule has 1 N–H and O–H groups in total. The number of rotatable bonds is 5. The van der Waals surface area contributed by atoms with Crippen molar-refractivity contribution in [1.82, 2.24) is 15.1 Å². The van der Waals surface area contributed by atoms with Gasteiger partial charge in [0.2, 0.25) is 0 Å². The second kappa shape index (κ2) is 5.80. The quantitative estimate of drug-likeness (QED) is 0.904. The van der Waals surface area contributed by atoms with Gasteiger partial charge in [-0.2, -0.15) is 5.10 Å². The summed E-state index contributed by atoms with van der Waals surface area (Å²) in [7, 11) is 1.97. The number of hydrogen-bond donors (Lipinski definition) is 1. The fourth-order valence-corrected chi connectivity index (χ4v) is 3.20. The fraction of sp³-hybridized carbons (Fsp3) is 0.471. The summed E-state index contributed by atoms with van der Waals surface area (Å²) in [6.45, 7) is 3.41. The van der Waals surface area contributed by atoms with E-state index in [1.165, 1.54) is 17.5 Å². The first kappa shape index (κ1) is 13.4. The second-order valence-corrected chi connectivity index (χ2v) is 5.94. The van der Waals surface area contributed by atoms with E-state index in [1.807, 2.05) is 17.9 Å². The standard InChI is InChI=1S/C17H23N3/c1-13-16(15-6-4-3-5-7-15)10-17(13)18-9-8-14-11-19-20(2)12-14/h3-7,11-13,16-18H,8-10H2,1-2H3/t13-,16+,17+/m0/s1. The van der Waals surface area contributed by atoms with E-state index in [2.05, 4.69) is 53.9 Å². The average molecular weight is 269 g/mol. The molecule has 0 radical (unpaired) electrons. The van der Waals surface area contributed by atoms with Crippen LogP contribution >= 0.6 is 0 Å². The van der Waals surface area contributed by atoms with Crippen LogP contribution in [0.1, 0.15) is 30.4 Å². The van der Waals surface area contributed by atoms with E-state index >= 15 is 0 Å². The van der Waals surface area contributed by atoms with Crippen molar-refractivity contribution in [1.29, 1.82) is 0 Å². The number of aromatic nitrogens is 2. The van der Waals surface area contributed by atoms with Crippen molar-refractivity contribution in [3.05, 3.63) is 53.9 Å². The van der Waals surface area contributed by atoms with Crippen molar-refractivity contribution in [3.63, 3.8) is 0 Å². The van der Waals surface area contributed by atoms with E-state index in [1.54, 1.807) is 0 Å². The summed E-state index contributed by atoms with van der Waals surface area (Å²) in [5, 5.41) is 7.89. The van der Waals surface area contributed by atoms with Crippen molar-refractivity contribution in [2.75, 3.05) is 6.54 Å². The molecule has 0 spiro atoms. The molecule has 3 heteroatoms. The maximum Gasteiger partial charge on any atom is 0.0522 e. The molecule has 3 rings (SSSR count). The molecule has 1 aromatic heterocycles. The van der Waals surface area contributed by atoms with Gasteiger partial charge in [-0.15, -0.1) is 0 Å². The summed E-state index contributed by atoms with van der Waals surface area (Å²) in [6.07, 6.45) is 6.38. The van der Waals surface area contributed by atoms with E-state index < -0.39 is 0 Å². The van der Waals surface area contributed by atoms with Crippen LogP contribution in [0.25, 0.3) is 0 Å². The molecular formula is C17H23N3. The highest BCUT2D eigenvalue weighted by Crippen LogP contribution is 2.42. The molecule has 1 heterocycles. The van der Waals surface area contributed by atoms with Gasteiger partial charge in [0.25, 0.3) is 0 Å². The van der Waals surface area contributed by atoms with E-state index in [0.29, 0.717) is 6.04 Å². The van der Waals surface area contributed by atoms with Gasteiger partial charge in [-0.1, -0.05) is 37.3 Å². The van der Waals surface area contributed by atoms with Crippen LogP contribution in [0.15, 0.2) is 42.7 Å². The van der Waals surface area contributed by atoms with Crippen LogP contribution in [-0.2, 0) is 13.5 Å². The van der Waals surface area contributed by atoms with Gasteiger partial charge < -0.3 is 5.32 Å². The van der Waals surface area contributed by atoms with Crippen LogP contribution in [0, 0.1) is 5.92 Å². The summed E-state index contributed by atoms with van der Waals surface area (Å²) in [6, 6.07) is 11.6. The fourth-order valence-electron chi connectivity index (χ4n) is 3.20. The van der Waals surface area contributed by atoms with E-state index in [0.717, 1.165) is 24.8 Å². The summed E-state index contributed by atoms with van der Waals surface area (Å²) < 4.78 is 1.87. The maximum absolute atomic E-state index is 4.20. The molecule has 1 aliphatic carbocycles. The van der Waals surface area contributed by atoms with E-state index in [9.17, 15) is 0 Å². The van der Waals surface area contributed by atoms with Gasteiger partial charge in [-0.25, -0.2) is 0 Å². The molecule has 3 nitrogen and oxygen atoms in total. The number of nitrogens with zero attached hydrogens (tertiary/aromatic N) is 2. The molecule has 0 unspecified atom stereocenters. The van der Waals surface area contributed by atoms with Gasteiger partial charge in [-0.3, -0.25) is 4.68 Å². The predicted molar refractivity (Wildman–Crippen MR) is 81.7 cm³/mol. The first-order chi connectivity index (χ1) is 9.74. The summed E-state index contributed by atoms with van der Waals surface area (Å²) in [5.74, 6) is 1.46. The molecule has 0 bridgehead atoms. The molecular weight excluding hydrogens is 246 g/mol. The highest BCUT2D eigenvalue weighted by molar-refractivity contribution is 5.24. The second-order valence-electron chi connectivity index (χ2n) is 5.94. The third kappa shape index (κ3) is 2.78. The normalized spacial score (nSPS) is 25.4. The summed E-state index contributed by atoms with van der Waals surface area (Å²) in [5.41, 5.74) is 2.80. The highest BCUT2D eigenvalue weighted by atomic mass is 15.2. The Hall–Kier alpha value is -1.61. The number of nitrogens with one attached hydrogen (secondary N) is 1. The van der Waals surface area contributed by atoms with Crippen LogP contribution in [0.5, 0.6) is 0 Å². The van der Waals surface area contributed by atoms with Crippen molar-refractivity contribution < 1.29 is 0 Å². The lowest BCUT2D eigenvalue weighted by Gasteiger charge is -2.44. The minimum absolute atomic E-state index is 0.664. The third-order valence-electron chi connectivity index (χ3n) is 4.58. The van der Waals surface area contributed by atoms with Crippen molar-refractivity contribution in [2.45, 2.75) is 31.7 Å². The Morgan fingerprint density at radius 3 is 2.75 bits per heavy atom. The molecule has 2 aromatic rings. The van der Waals surface area contributed by atoms with Crippen molar-refractivity contribution in [2.24, 2.45) is 13.0 Å². The Bertz CT molecular complexity index is 546. The van der Waals surface area contributed by atoms with Gasteiger partial charge in [0.1, 0.15) is 0 Å².